The normalized spacial score (nSPS) is 10.9. The van der Waals surface area contributed by atoms with Crippen LogP contribution in [0.15, 0.2) is 30.3 Å². The molecule has 0 saturated carbocycles. The number of hydrogen-bond donors (Lipinski definition) is 0. The van der Waals surface area contributed by atoms with Gasteiger partial charge in [0.25, 0.3) is 0 Å². The van der Waals surface area contributed by atoms with Crippen LogP contribution in [0.1, 0.15) is 38.8 Å². The fraction of sp³-hybridized carbons (Fsp3) is 0.375. The molecule has 2 aromatic rings. The zero-order valence-corrected chi connectivity index (χ0v) is 11.6. The van der Waals surface area contributed by atoms with Crippen LogP contribution in [0, 0.1) is 0 Å². The van der Waals surface area contributed by atoms with E-state index in [1.807, 2.05) is 37.3 Å². The summed E-state index contributed by atoms with van der Waals surface area (Å²) in [5, 5.41) is 0.954. The van der Waals surface area contributed by atoms with Gasteiger partial charge in [0, 0.05) is 17.5 Å². The largest absolute Gasteiger partial charge is 0.485 e. The molecule has 100 valence electrons. The molecule has 0 N–H and O–H groups in total. The van der Waals surface area contributed by atoms with Crippen LogP contribution in [0.4, 0.5) is 0 Å². The maximum Gasteiger partial charge on any atom is 0.169 e. The van der Waals surface area contributed by atoms with Gasteiger partial charge in [-0.15, -0.1) is 0 Å². The number of Topliss-reactive ketones (excluding diaryl/α,β-unsaturated/α-hetero) is 1. The molecule has 0 fully saturated rings. The number of pyridine rings is 1. The number of benzene rings is 1. The molecule has 0 aliphatic heterocycles. The average molecular weight is 257 g/mol. The number of fused-ring (bicyclic) bond motifs is 1. The Labute approximate surface area is 113 Å². The Bertz CT molecular complexity index is 590. The van der Waals surface area contributed by atoms with Crippen LogP contribution < -0.4 is 4.74 Å². The topological polar surface area (TPSA) is 39.2 Å². The van der Waals surface area contributed by atoms with E-state index in [2.05, 4.69) is 18.8 Å². The smallest absolute Gasteiger partial charge is 0.169 e. The molecule has 0 atom stereocenters. The molecular weight excluding hydrogens is 238 g/mol. The van der Waals surface area contributed by atoms with Crippen molar-refractivity contribution in [2.75, 3.05) is 6.61 Å². The quantitative estimate of drug-likeness (QED) is 0.819. The maximum atomic E-state index is 11.3. The van der Waals surface area contributed by atoms with Gasteiger partial charge >= 0.3 is 0 Å². The van der Waals surface area contributed by atoms with E-state index in [0.29, 0.717) is 12.3 Å². The summed E-state index contributed by atoms with van der Waals surface area (Å²) in [6, 6.07) is 9.79. The fourth-order valence-corrected chi connectivity index (χ4v) is 1.85. The summed E-state index contributed by atoms with van der Waals surface area (Å²) in [5.41, 5.74) is 1.97. The highest BCUT2D eigenvalue weighted by Crippen LogP contribution is 2.26. The van der Waals surface area contributed by atoms with Crippen LogP contribution in [0.3, 0.4) is 0 Å². The first-order valence-electron chi connectivity index (χ1n) is 6.66. The molecular formula is C16H19NO2. The molecule has 1 heterocycles. The first-order valence-corrected chi connectivity index (χ1v) is 6.66. The zero-order chi connectivity index (χ0) is 13.8. The van der Waals surface area contributed by atoms with Crippen molar-refractivity contribution >= 4 is 16.7 Å². The lowest BCUT2D eigenvalue weighted by atomic mass is 10.1. The van der Waals surface area contributed by atoms with Crippen molar-refractivity contribution in [2.24, 2.45) is 0 Å². The Morgan fingerprint density at radius 2 is 2.05 bits per heavy atom. The van der Waals surface area contributed by atoms with Gasteiger partial charge in [-0.1, -0.05) is 26.8 Å². The van der Waals surface area contributed by atoms with Gasteiger partial charge in [0.15, 0.2) is 5.78 Å². The molecule has 1 aromatic heterocycles. The van der Waals surface area contributed by atoms with Crippen LogP contribution in [0.2, 0.25) is 0 Å². The van der Waals surface area contributed by atoms with Crippen molar-refractivity contribution in [2.45, 2.75) is 33.1 Å². The lowest BCUT2D eigenvalue weighted by Gasteiger charge is -2.10. The van der Waals surface area contributed by atoms with E-state index < -0.39 is 0 Å². The van der Waals surface area contributed by atoms with Crippen LogP contribution in [0.25, 0.3) is 10.9 Å². The second kappa shape index (κ2) is 5.83. The Kier molecular flexibility index (Phi) is 4.15. The van der Waals surface area contributed by atoms with Crippen molar-refractivity contribution in [3.8, 4) is 5.75 Å². The van der Waals surface area contributed by atoms with Gasteiger partial charge in [0.2, 0.25) is 0 Å². The van der Waals surface area contributed by atoms with Crippen molar-refractivity contribution in [3.05, 3.63) is 36.0 Å². The molecule has 3 heteroatoms. The minimum absolute atomic E-state index is 0.101. The SMILES string of the molecule is CCC(=O)COc1cccc2nc(C(C)C)ccc12. The predicted octanol–water partition coefficient (Wildman–Crippen LogP) is 3.72. The van der Waals surface area contributed by atoms with Gasteiger partial charge in [0.05, 0.1) is 5.52 Å². The Balaban J connectivity index is 2.32. The third-order valence-corrected chi connectivity index (χ3v) is 3.09. The Morgan fingerprint density at radius 1 is 1.26 bits per heavy atom. The van der Waals surface area contributed by atoms with Gasteiger partial charge in [-0.2, -0.15) is 0 Å². The summed E-state index contributed by atoms with van der Waals surface area (Å²) >= 11 is 0. The minimum Gasteiger partial charge on any atom is -0.485 e. The van der Waals surface area contributed by atoms with Crippen LogP contribution >= 0.6 is 0 Å². The predicted molar refractivity (Wildman–Crippen MR) is 76.6 cm³/mol. The van der Waals surface area contributed by atoms with Crippen molar-refractivity contribution in [3.63, 3.8) is 0 Å². The van der Waals surface area contributed by atoms with E-state index in [9.17, 15) is 4.79 Å². The highest BCUT2D eigenvalue weighted by molar-refractivity contribution is 5.86. The summed E-state index contributed by atoms with van der Waals surface area (Å²) in [7, 11) is 0. The highest BCUT2D eigenvalue weighted by atomic mass is 16.5. The van der Waals surface area contributed by atoms with Crippen LogP contribution in [0.5, 0.6) is 5.75 Å². The number of nitrogens with zero attached hydrogens (tertiary/aromatic N) is 1. The third kappa shape index (κ3) is 3.11. The molecule has 1 aromatic carbocycles. The molecule has 0 spiro atoms. The van der Waals surface area contributed by atoms with E-state index in [4.69, 9.17) is 4.74 Å². The summed E-state index contributed by atoms with van der Waals surface area (Å²) in [4.78, 5) is 15.9. The molecule has 19 heavy (non-hydrogen) atoms. The molecule has 2 rings (SSSR count). The Hall–Kier alpha value is -1.90. The van der Waals surface area contributed by atoms with Crippen LogP contribution in [-0.2, 0) is 4.79 Å². The highest BCUT2D eigenvalue weighted by Gasteiger charge is 2.07. The molecule has 0 saturated heterocycles. The second-order valence-electron chi connectivity index (χ2n) is 4.89. The van der Waals surface area contributed by atoms with E-state index in [-0.39, 0.29) is 12.4 Å². The molecule has 0 radical (unpaired) electrons. The van der Waals surface area contributed by atoms with Gasteiger partial charge in [-0.05, 0) is 30.2 Å². The number of ketones is 1. The van der Waals surface area contributed by atoms with Gasteiger partial charge in [-0.3, -0.25) is 9.78 Å². The van der Waals surface area contributed by atoms with Crippen molar-refractivity contribution in [1.82, 2.24) is 4.98 Å². The summed E-state index contributed by atoms with van der Waals surface area (Å²) in [5.74, 6) is 1.22. The molecule has 0 amide bonds. The molecule has 0 aliphatic carbocycles. The standard InChI is InChI=1S/C16H19NO2/c1-4-12(18)10-19-16-7-5-6-15-13(16)8-9-14(17-15)11(2)3/h5-9,11H,4,10H2,1-3H3. The van der Waals surface area contributed by atoms with Crippen LogP contribution in [-0.4, -0.2) is 17.4 Å². The lowest BCUT2D eigenvalue weighted by molar-refractivity contribution is -0.120. The van der Waals surface area contributed by atoms with Crippen molar-refractivity contribution < 1.29 is 9.53 Å². The molecule has 0 bridgehead atoms. The lowest BCUT2D eigenvalue weighted by Crippen LogP contribution is -2.09. The second-order valence-corrected chi connectivity index (χ2v) is 4.89. The van der Waals surface area contributed by atoms with E-state index >= 15 is 0 Å². The monoisotopic (exact) mass is 257 g/mol. The summed E-state index contributed by atoms with van der Waals surface area (Å²) in [6.45, 7) is 6.20. The summed E-state index contributed by atoms with van der Waals surface area (Å²) in [6.07, 6.45) is 0.501. The molecule has 0 aliphatic rings. The van der Waals surface area contributed by atoms with E-state index in [1.54, 1.807) is 0 Å². The average Bonchev–Trinajstić information content (AvgIpc) is 2.43. The fourth-order valence-electron chi connectivity index (χ4n) is 1.85. The first-order chi connectivity index (χ1) is 9.11. The first kappa shape index (κ1) is 13.5. The van der Waals surface area contributed by atoms with E-state index in [1.165, 1.54) is 0 Å². The zero-order valence-electron chi connectivity index (χ0n) is 11.6. The van der Waals surface area contributed by atoms with Gasteiger partial charge < -0.3 is 4.74 Å². The number of ether oxygens (including phenoxy) is 1. The maximum absolute atomic E-state index is 11.3. The number of carbonyl (C=O) groups excluding carboxylic acids is 1. The van der Waals surface area contributed by atoms with Crippen molar-refractivity contribution in [1.29, 1.82) is 0 Å². The number of aromatic nitrogens is 1. The van der Waals surface area contributed by atoms with E-state index in [0.717, 1.165) is 22.3 Å². The number of rotatable bonds is 5. The number of hydrogen-bond acceptors (Lipinski definition) is 3. The molecule has 3 nitrogen and oxygen atoms in total. The van der Waals surface area contributed by atoms with Gasteiger partial charge in [0.1, 0.15) is 12.4 Å². The summed E-state index contributed by atoms with van der Waals surface area (Å²) < 4.78 is 5.58. The Morgan fingerprint density at radius 3 is 2.74 bits per heavy atom. The number of carbonyl (C=O) groups is 1. The third-order valence-electron chi connectivity index (χ3n) is 3.09. The minimum atomic E-state index is 0.101. The molecule has 0 unspecified atom stereocenters. The van der Waals surface area contributed by atoms with Gasteiger partial charge in [-0.25, -0.2) is 0 Å².